The smallest absolute Gasteiger partial charge is 0.416 e. The Morgan fingerprint density at radius 2 is 1.68 bits per heavy atom. The van der Waals surface area contributed by atoms with Crippen LogP contribution in [-0.2, 0) is 32.2 Å². The predicted octanol–water partition coefficient (Wildman–Crippen LogP) is 4.48. The summed E-state index contributed by atoms with van der Waals surface area (Å²) in [5.41, 5.74) is -1.22. The number of Topliss-reactive ketones (excluding diaryl/α,β-unsaturated/α-hetero) is 1. The molecule has 184 valence electrons. The number of rotatable bonds is 7. The van der Waals surface area contributed by atoms with E-state index in [1.807, 2.05) is 0 Å². The van der Waals surface area contributed by atoms with Crippen LogP contribution in [0.15, 0.2) is 53.4 Å². The van der Waals surface area contributed by atoms with Crippen molar-refractivity contribution < 1.29 is 35.9 Å². The molecule has 0 bridgehead atoms. The highest BCUT2D eigenvalue weighted by Crippen LogP contribution is 2.39. The summed E-state index contributed by atoms with van der Waals surface area (Å²) >= 11 is 0. The van der Waals surface area contributed by atoms with Gasteiger partial charge in [0.05, 0.1) is 22.5 Å². The van der Waals surface area contributed by atoms with Crippen molar-refractivity contribution in [3.05, 3.63) is 65.2 Å². The van der Waals surface area contributed by atoms with Crippen molar-refractivity contribution in [2.24, 2.45) is 5.41 Å². The topological polar surface area (TPSA) is 80.8 Å². The second kappa shape index (κ2) is 9.87. The van der Waals surface area contributed by atoms with Crippen molar-refractivity contribution in [3.8, 4) is 0 Å². The molecule has 2 aromatic rings. The fraction of sp³-hybridized carbons (Fsp3) is 0.417. The molecule has 0 radical (unpaired) electrons. The molecule has 0 atom stereocenters. The molecule has 10 heteroatoms. The third-order valence-electron chi connectivity index (χ3n) is 6.08. The molecular weight excluding hydrogens is 471 g/mol. The number of halogens is 3. The van der Waals surface area contributed by atoms with Gasteiger partial charge in [0.15, 0.2) is 5.78 Å². The van der Waals surface area contributed by atoms with Crippen LogP contribution in [0.3, 0.4) is 0 Å². The summed E-state index contributed by atoms with van der Waals surface area (Å²) < 4.78 is 72.1. The van der Waals surface area contributed by atoms with Crippen LogP contribution in [0, 0.1) is 5.41 Å². The van der Waals surface area contributed by atoms with Crippen LogP contribution in [0.25, 0.3) is 0 Å². The zero-order valence-electron chi connectivity index (χ0n) is 18.9. The van der Waals surface area contributed by atoms with Gasteiger partial charge in [0.25, 0.3) is 0 Å². The van der Waals surface area contributed by atoms with Crippen LogP contribution in [0.1, 0.15) is 48.2 Å². The Kier molecular flexibility index (Phi) is 7.52. The van der Waals surface area contributed by atoms with Crippen LogP contribution >= 0.6 is 0 Å². The zero-order chi connectivity index (χ0) is 25.1. The average molecular weight is 498 g/mol. The Balaban J connectivity index is 1.83. The Bertz CT molecular complexity index is 1150. The molecule has 1 aliphatic heterocycles. The summed E-state index contributed by atoms with van der Waals surface area (Å²) in [6, 6.07) is 10.4. The second-order valence-electron chi connectivity index (χ2n) is 8.36. The number of alkyl halides is 3. The molecule has 0 unspecified atom stereocenters. The van der Waals surface area contributed by atoms with E-state index in [9.17, 15) is 31.2 Å². The van der Waals surface area contributed by atoms with Gasteiger partial charge in [-0.15, -0.1) is 0 Å². The van der Waals surface area contributed by atoms with Crippen molar-refractivity contribution in [2.75, 3.05) is 19.7 Å². The van der Waals surface area contributed by atoms with E-state index in [2.05, 4.69) is 0 Å². The van der Waals surface area contributed by atoms with Crippen molar-refractivity contribution in [3.63, 3.8) is 0 Å². The highest BCUT2D eigenvalue weighted by molar-refractivity contribution is 7.89. The van der Waals surface area contributed by atoms with Crippen molar-refractivity contribution in [2.45, 2.75) is 44.2 Å². The lowest BCUT2D eigenvalue weighted by atomic mass is 9.74. The van der Waals surface area contributed by atoms with E-state index in [1.165, 1.54) is 47.6 Å². The fourth-order valence-electron chi connectivity index (χ4n) is 4.15. The first kappa shape index (κ1) is 25.9. The molecule has 0 saturated carbocycles. The van der Waals surface area contributed by atoms with E-state index in [-0.39, 0.29) is 49.6 Å². The van der Waals surface area contributed by atoms with E-state index >= 15 is 0 Å². The van der Waals surface area contributed by atoms with Gasteiger partial charge in [-0.25, -0.2) is 8.42 Å². The molecule has 1 aliphatic rings. The summed E-state index contributed by atoms with van der Waals surface area (Å²) in [7, 11) is -3.87. The number of esters is 1. The minimum atomic E-state index is -4.51. The highest BCUT2D eigenvalue weighted by Gasteiger charge is 2.45. The monoisotopic (exact) mass is 497 g/mol. The number of piperidine rings is 1. The molecule has 1 saturated heterocycles. The molecule has 1 fully saturated rings. The molecule has 1 heterocycles. The summed E-state index contributed by atoms with van der Waals surface area (Å²) in [4.78, 5) is 24.4. The number of ketones is 1. The summed E-state index contributed by atoms with van der Waals surface area (Å²) in [5.74, 6) is -0.731. The molecule has 2 aromatic carbocycles. The van der Waals surface area contributed by atoms with Gasteiger partial charge in [-0.2, -0.15) is 17.5 Å². The average Bonchev–Trinajstić information content (AvgIpc) is 2.79. The Hall–Kier alpha value is -2.72. The minimum Gasteiger partial charge on any atom is -0.466 e. The molecule has 0 spiro atoms. The SMILES string of the molecule is CCOC(=O)C1(Cc2cccc(C(F)(F)F)c2)CCN(S(=O)(=O)c2ccc(C(C)=O)cc2)CC1. The van der Waals surface area contributed by atoms with Gasteiger partial charge in [-0.05, 0) is 56.9 Å². The predicted molar refractivity (Wildman–Crippen MR) is 119 cm³/mol. The van der Waals surface area contributed by atoms with Gasteiger partial charge in [0.1, 0.15) is 0 Å². The van der Waals surface area contributed by atoms with E-state index in [0.717, 1.165) is 12.1 Å². The zero-order valence-corrected chi connectivity index (χ0v) is 19.7. The second-order valence-corrected chi connectivity index (χ2v) is 10.3. The van der Waals surface area contributed by atoms with Crippen molar-refractivity contribution >= 4 is 21.8 Å². The third-order valence-corrected chi connectivity index (χ3v) is 8.00. The van der Waals surface area contributed by atoms with Gasteiger partial charge in [-0.1, -0.05) is 30.3 Å². The molecule has 0 aromatic heterocycles. The lowest BCUT2D eigenvalue weighted by Gasteiger charge is -2.39. The molecule has 6 nitrogen and oxygen atoms in total. The number of sulfonamides is 1. The van der Waals surface area contributed by atoms with E-state index in [1.54, 1.807) is 6.92 Å². The molecule has 3 rings (SSSR count). The maximum Gasteiger partial charge on any atom is 0.416 e. The Labute approximate surface area is 196 Å². The first-order valence-electron chi connectivity index (χ1n) is 10.8. The largest absolute Gasteiger partial charge is 0.466 e. The summed E-state index contributed by atoms with van der Waals surface area (Å²) in [6.45, 7) is 3.14. The Morgan fingerprint density at radius 1 is 1.06 bits per heavy atom. The first-order valence-corrected chi connectivity index (χ1v) is 12.3. The van der Waals surface area contributed by atoms with Gasteiger partial charge in [0.2, 0.25) is 10.0 Å². The van der Waals surface area contributed by atoms with Crippen LogP contribution in [0.5, 0.6) is 0 Å². The fourth-order valence-corrected chi connectivity index (χ4v) is 5.59. The quantitative estimate of drug-likeness (QED) is 0.416. The normalized spacial score (nSPS) is 16.7. The van der Waals surface area contributed by atoms with E-state index in [4.69, 9.17) is 4.74 Å². The number of nitrogens with zero attached hydrogens (tertiary/aromatic N) is 1. The van der Waals surface area contributed by atoms with Gasteiger partial charge in [-0.3, -0.25) is 9.59 Å². The molecule has 0 aliphatic carbocycles. The Morgan fingerprint density at radius 3 is 2.21 bits per heavy atom. The molecular formula is C24H26F3NO5S. The first-order chi connectivity index (χ1) is 15.9. The number of carbonyl (C=O) groups excluding carboxylic acids is 2. The van der Waals surface area contributed by atoms with Gasteiger partial charge < -0.3 is 4.74 Å². The van der Waals surface area contributed by atoms with Gasteiger partial charge in [0, 0.05) is 18.7 Å². The minimum absolute atomic E-state index is 0.00850. The number of hydrogen-bond acceptors (Lipinski definition) is 5. The lowest BCUT2D eigenvalue weighted by Crippen LogP contribution is -2.48. The molecule has 34 heavy (non-hydrogen) atoms. The summed E-state index contributed by atoms with van der Waals surface area (Å²) in [5, 5.41) is 0. The van der Waals surface area contributed by atoms with Crippen LogP contribution in [-0.4, -0.2) is 44.2 Å². The number of benzene rings is 2. The third kappa shape index (κ3) is 5.50. The maximum atomic E-state index is 13.2. The standard InChI is InChI=1S/C24H26F3NO5S/c1-3-33-22(30)23(16-18-5-4-6-20(15-18)24(25,26)27)11-13-28(14-12-23)34(31,32)21-9-7-19(8-10-21)17(2)29/h4-10,15H,3,11-14,16H2,1-2H3. The number of ether oxygens (including phenoxy) is 1. The van der Waals surface area contributed by atoms with Crippen LogP contribution in [0.2, 0.25) is 0 Å². The van der Waals surface area contributed by atoms with E-state index in [0.29, 0.717) is 11.1 Å². The van der Waals surface area contributed by atoms with Crippen LogP contribution in [0.4, 0.5) is 13.2 Å². The van der Waals surface area contributed by atoms with Crippen molar-refractivity contribution in [1.29, 1.82) is 0 Å². The summed E-state index contributed by atoms with van der Waals surface area (Å²) in [6.07, 6.45) is -4.29. The van der Waals surface area contributed by atoms with Crippen molar-refractivity contribution in [1.82, 2.24) is 4.31 Å². The number of hydrogen-bond donors (Lipinski definition) is 0. The van der Waals surface area contributed by atoms with Gasteiger partial charge >= 0.3 is 12.1 Å². The lowest BCUT2D eigenvalue weighted by molar-refractivity contribution is -0.158. The van der Waals surface area contributed by atoms with Crippen LogP contribution < -0.4 is 0 Å². The van der Waals surface area contributed by atoms with E-state index < -0.39 is 33.1 Å². The molecule has 0 N–H and O–H groups in total. The number of carbonyl (C=O) groups is 2. The molecule has 0 amide bonds. The highest BCUT2D eigenvalue weighted by atomic mass is 32.2. The maximum absolute atomic E-state index is 13.2.